The molecule has 1 saturated carbocycles. The average molecular weight is 257 g/mol. The number of aliphatic hydroxyl groups excluding tert-OH is 1. The quantitative estimate of drug-likeness (QED) is 0.692. The largest absolute Gasteiger partial charge is 0.481 e. The van der Waals surface area contributed by atoms with Crippen molar-refractivity contribution in [3.05, 3.63) is 0 Å². The normalized spacial score (nSPS) is 24.6. The van der Waals surface area contributed by atoms with Gasteiger partial charge in [-0.05, 0) is 18.3 Å². The monoisotopic (exact) mass is 257 g/mol. The maximum absolute atomic E-state index is 11.8. The number of aliphatic carboxylic acids is 1. The Labute approximate surface area is 108 Å². The van der Waals surface area contributed by atoms with Crippen LogP contribution < -0.4 is 5.32 Å². The van der Waals surface area contributed by atoms with Gasteiger partial charge in [0.25, 0.3) is 0 Å². The van der Waals surface area contributed by atoms with Gasteiger partial charge in [0.15, 0.2) is 0 Å². The van der Waals surface area contributed by atoms with Gasteiger partial charge in [0.2, 0.25) is 5.91 Å². The first kappa shape index (κ1) is 15.0. The van der Waals surface area contributed by atoms with E-state index in [4.69, 9.17) is 5.11 Å². The second-order valence-corrected chi connectivity index (χ2v) is 5.94. The maximum Gasteiger partial charge on any atom is 0.303 e. The zero-order valence-corrected chi connectivity index (χ0v) is 11.1. The van der Waals surface area contributed by atoms with E-state index in [9.17, 15) is 14.7 Å². The van der Waals surface area contributed by atoms with Crippen molar-refractivity contribution < 1.29 is 19.8 Å². The Morgan fingerprint density at radius 1 is 1.22 bits per heavy atom. The number of carbonyl (C=O) groups is 2. The molecule has 0 heterocycles. The number of amides is 1. The van der Waals surface area contributed by atoms with Gasteiger partial charge in [-0.2, -0.15) is 0 Å². The number of carboxylic acid groups (broad SMARTS) is 1. The second kappa shape index (κ2) is 6.18. The molecule has 1 aliphatic carbocycles. The highest BCUT2D eigenvalue weighted by Gasteiger charge is 2.29. The standard InChI is InChI=1S/C13H23NO4/c1-13(2,8-12(17)18)7-11(16)14-9-5-3-4-6-10(9)15/h9-10,15H,3-8H2,1-2H3,(H,14,16)(H,17,18). The summed E-state index contributed by atoms with van der Waals surface area (Å²) in [6, 6.07) is -0.174. The van der Waals surface area contributed by atoms with Gasteiger partial charge >= 0.3 is 5.97 Å². The first-order chi connectivity index (χ1) is 8.30. The number of nitrogens with one attached hydrogen (secondary N) is 1. The topological polar surface area (TPSA) is 86.6 Å². The van der Waals surface area contributed by atoms with Crippen molar-refractivity contribution in [3.63, 3.8) is 0 Å². The van der Waals surface area contributed by atoms with E-state index in [1.807, 2.05) is 0 Å². The molecular formula is C13H23NO4. The lowest BCUT2D eigenvalue weighted by Gasteiger charge is -2.30. The van der Waals surface area contributed by atoms with Gasteiger partial charge < -0.3 is 15.5 Å². The van der Waals surface area contributed by atoms with Crippen molar-refractivity contribution in [2.45, 2.75) is 64.5 Å². The Kier molecular flexibility index (Phi) is 5.14. The van der Waals surface area contributed by atoms with Crippen molar-refractivity contribution >= 4 is 11.9 Å². The molecule has 5 heteroatoms. The fourth-order valence-corrected chi connectivity index (χ4v) is 2.44. The summed E-state index contributed by atoms with van der Waals surface area (Å²) in [5, 5.41) is 21.3. The van der Waals surface area contributed by atoms with E-state index < -0.39 is 17.5 Å². The van der Waals surface area contributed by atoms with E-state index >= 15 is 0 Å². The highest BCUT2D eigenvalue weighted by Crippen LogP contribution is 2.25. The molecule has 3 N–H and O–H groups in total. The number of hydrogen-bond donors (Lipinski definition) is 3. The Morgan fingerprint density at radius 2 is 1.83 bits per heavy atom. The van der Waals surface area contributed by atoms with Crippen LogP contribution in [0.5, 0.6) is 0 Å². The minimum absolute atomic E-state index is 0.0341. The number of rotatable bonds is 5. The third-order valence-corrected chi connectivity index (χ3v) is 3.34. The lowest BCUT2D eigenvalue weighted by molar-refractivity contribution is -0.139. The molecule has 1 fully saturated rings. The van der Waals surface area contributed by atoms with E-state index in [2.05, 4.69) is 5.32 Å². The summed E-state index contributed by atoms with van der Waals surface area (Å²) in [5.41, 5.74) is -0.560. The van der Waals surface area contributed by atoms with Crippen molar-refractivity contribution in [3.8, 4) is 0 Å². The fourth-order valence-electron chi connectivity index (χ4n) is 2.44. The van der Waals surface area contributed by atoms with Crippen molar-refractivity contribution in [1.29, 1.82) is 0 Å². The molecule has 1 amide bonds. The van der Waals surface area contributed by atoms with E-state index in [0.717, 1.165) is 25.7 Å². The third-order valence-electron chi connectivity index (χ3n) is 3.34. The van der Waals surface area contributed by atoms with Crippen LogP contribution in [0.15, 0.2) is 0 Å². The van der Waals surface area contributed by atoms with Crippen LogP contribution in [0.1, 0.15) is 52.4 Å². The van der Waals surface area contributed by atoms with Crippen LogP contribution in [0, 0.1) is 5.41 Å². The predicted molar refractivity (Wildman–Crippen MR) is 67.1 cm³/mol. The van der Waals surface area contributed by atoms with Gasteiger partial charge in [0, 0.05) is 6.42 Å². The van der Waals surface area contributed by atoms with E-state index in [0.29, 0.717) is 0 Å². The molecule has 2 unspecified atom stereocenters. The molecular weight excluding hydrogens is 234 g/mol. The van der Waals surface area contributed by atoms with Crippen molar-refractivity contribution in [2.75, 3.05) is 0 Å². The molecule has 104 valence electrons. The Hall–Kier alpha value is -1.10. The van der Waals surface area contributed by atoms with Crippen LogP contribution in [0.2, 0.25) is 0 Å². The van der Waals surface area contributed by atoms with E-state index in [1.165, 1.54) is 0 Å². The first-order valence-electron chi connectivity index (χ1n) is 6.49. The van der Waals surface area contributed by atoms with Gasteiger partial charge in [-0.3, -0.25) is 9.59 Å². The summed E-state index contributed by atoms with van der Waals surface area (Å²) in [6.07, 6.45) is 3.20. The summed E-state index contributed by atoms with van der Waals surface area (Å²) in [4.78, 5) is 22.5. The molecule has 18 heavy (non-hydrogen) atoms. The van der Waals surface area contributed by atoms with Crippen molar-refractivity contribution in [2.24, 2.45) is 5.41 Å². The molecule has 0 aromatic heterocycles. The molecule has 1 aliphatic rings. The maximum atomic E-state index is 11.8. The van der Waals surface area contributed by atoms with Gasteiger partial charge in [-0.1, -0.05) is 26.7 Å². The molecule has 5 nitrogen and oxygen atoms in total. The number of carbonyl (C=O) groups excluding carboxylic acids is 1. The highest BCUT2D eigenvalue weighted by molar-refractivity contribution is 5.78. The van der Waals surface area contributed by atoms with E-state index in [-0.39, 0.29) is 24.8 Å². The summed E-state index contributed by atoms with van der Waals surface area (Å²) in [5.74, 6) is -1.07. The van der Waals surface area contributed by atoms with E-state index in [1.54, 1.807) is 13.8 Å². The zero-order chi connectivity index (χ0) is 13.8. The van der Waals surface area contributed by atoms with Crippen LogP contribution >= 0.6 is 0 Å². The fraction of sp³-hybridized carbons (Fsp3) is 0.846. The smallest absolute Gasteiger partial charge is 0.303 e. The molecule has 0 saturated heterocycles. The van der Waals surface area contributed by atoms with Crippen LogP contribution in [-0.4, -0.2) is 34.2 Å². The van der Waals surface area contributed by atoms with Crippen LogP contribution in [0.3, 0.4) is 0 Å². The molecule has 0 aliphatic heterocycles. The minimum Gasteiger partial charge on any atom is -0.481 e. The predicted octanol–water partition coefficient (Wildman–Crippen LogP) is 1.30. The Bertz CT molecular complexity index is 314. The lowest BCUT2D eigenvalue weighted by atomic mass is 9.85. The highest BCUT2D eigenvalue weighted by atomic mass is 16.4. The minimum atomic E-state index is -0.898. The Morgan fingerprint density at radius 3 is 2.39 bits per heavy atom. The van der Waals surface area contributed by atoms with Crippen LogP contribution in [0.4, 0.5) is 0 Å². The van der Waals surface area contributed by atoms with Crippen LogP contribution in [0.25, 0.3) is 0 Å². The molecule has 0 radical (unpaired) electrons. The van der Waals surface area contributed by atoms with Gasteiger partial charge in [0.1, 0.15) is 0 Å². The first-order valence-corrected chi connectivity index (χ1v) is 6.49. The molecule has 0 aromatic carbocycles. The Balaban J connectivity index is 2.43. The van der Waals surface area contributed by atoms with Crippen LogP contribution in [-0.2, 0) is 9.59 Å². The van der Waals surface area contributed by atoms with Gasteiger partial charge in [-0.25, -0.2) is 0 Å². The SMILES string of the molecule is CC(C)(CC(=O)O)CC(=O)NC1CCCCC1O. The summed E-state index contributed by atoms with van der Waals surface area (Å²) >= 11 is 0. The summed E-state index contributed by atoms with van der Waals surface area (Å²) < 4.78 is 0. The summed E-state index contributed by atoms with van der Waals surface area (Å²) in [7, 11) is 0. The van der Waals surface area contributed by atoms with Gasteiger partial charge in [-0.15, -0.1) is 0 Å². The van der Waals surface area contributed by atoms with Gasteiger partial charge in [0.05, 0.1) is 18.6 Å². The molecule has 0 spiro atoms. The summed E-state index contributed by atoms with van der Waals surface area (Å²) in [6.45, 7) is 3.52. The second-order valence-electron chi connectivity index (χ2n) is 5.94. The number of aliphatic hydroxyl groups is 1. The zero-order valence-electron chi connectivity index (χ0n) is 11.1. The molecule has 0 aromatic rings. The molecule has 1 rings (SSSR count). The lowest BCUT2D eigenvalue weighted by Crippen LogP contribution is -2.46. The number of carboxylic acids is 1. The average Bonchev–Trinajstić information content (AvgIpc) is 2.18. The molecule has 2 atom stereocenters. The molecule has 0 bridgehead atoms. The number of hydrogen-bond acceptors (Lipinski definition) is 3. The van der Waals surface area contributed by atoms with Crippen molar-refractivity contribution in [1.82, 2.24) is 5.32 Å². The third kappa shape index (κ3) is 5.04.